The molecule has 0 bridgehead atoms. The van der Waals surface area contributed by atoms with Crippen LogP contribution in [-0.2, 0) is 4.79 Å². The summed E-state index contributed by atoms with van der Waals surface area (Å²) in [4.78, 5) is 26.9. The van der Waals surface area contributed by atoms with Crippen LogP contribution in [0.5, 0.6) is 0 Å². The van der Waals surface area contributed by atoms with E-state index >= 15 is 0 Å². The van der Waals surface area contributed by atoms with E-state index in [1.165, 1.54) is 4.90 Å². The van der Waals surface area contributed by atoms with E-state index in [9.17, 15) is 14.9 Å². The summed E-state index contributed by atoms with van der Waals surface area (Å²) in [5.74, 6) is 0.118. The number of rotatable bonds is 6. The van der Waals surface area contributed by atoms with E-state index < -0.39 is 0 Å². The predicted octanol–water partition coefficient (Wildman–Crippen LogP) is 1.32. The van der Waals surface area contributed by atoms with Crippen molar-refractivity contribution in [3.05, 3.63) is 70.3 Å². The molecule has 1 amide bonds. The number of hydrogen-bond donors (Lipinski definition) is 2. The third-order valence-corrected chi connectivity index (χ3v) is 5.56. The van der Waals surface area contributed by atoms with E-state index in [0.717, 1.165) is 50.3 Å². The summed E-state index contributed by atoms with van der Waals surface area (Å²) < 4.78 is 0. The quantitative estimate of drug-likeness (QED) is 0.584. The van der Waals surface area contributed by atoms with Gasteiger partial charge < -0.3 is 15.1 Å². The molecule has 0 spiro atoms. The Kier molecular flexibility index (Phi) is 5.25. The highest BCUT2D eigenvalue weighted by Crippen LogP contribution is 2.22. The van der Waals surface area contributed by atoms with Crippen molar-refractivity contribution in [2.75, 3.05) is 31.1 Å². The number of carbonyl (C=O) groups is 1. The van der Waals surface area contributed by atoms with Crippen molar-refractivity contribution in [3.63, 3.8) is 0 Å². The van der Waals surface area contributed by atoms with Crippen LogP contribution in [0.2, 0.25) is 0 Å². The van der Waals surface area contributed by atoms with E-state index in [0.29, 0.717) is 6.04 Å². The van der Waals surface area contributed by atoms with Gasteiger partial charge in [-0.05, 0) is 25.0 Å². The first kappa shape index (κ1) is 18.4. The van der Waals surface area contributed by atoms with Crippen LogP contribution in [0.1, 0.15) is 24.4 Å². The molecule has 146 valence electrons. The molecule has 0 unspecified atom stereocenters. The monoisotopic (exact) mass is 381 g/mol. The number of nitrogens with one attached hydrogen (secondary N) is 2. The molecule has 4 rings (SSSR count). The molecule has 1 saturated heterocycles. The Morgan fingerprint density at radius 2 is 1.71 bits per heavy atom. The second-order valence-corrected chi connectivity index (χ2v) is 7.55. The fraction of sp³-hybridized carbons (Fsp3) is 0.381. The lowest BCUT2D eigenvalue weighted by Crippen LogP contribution is -3.16. The Hall–Kier alpha value is -2.93. The lowest BCUT2D eigenvalue weighted by molar-refractivity contribution is -0.922. The zero-order chi connectivity index (χ0) is 19.5. The first-order chi connectivity index (χ1) is 13.6. The molecule has 1 aliphatic carbocycles. The second-order valence-electron chi connectivity index (χ2n) is 7.55. The molecule has 1 saturated carbocycles. The molecular formula is C21H25N4O3+. The normalized spacial score (nSPS) is 18.5. The molecule has 1 heterocycles. The number of carbonyl (C=O) groups excluding carboxylic acids is 1. The Bertz CT molecular complexity index is 828. The van der Waals surface area contributed by atoms with Crippen LogP contribution in [0.3, 0.4) is 0 Å². The summed E-state index contributed by atoms with van der Waals surface area (Å²) in [5, 5.41) is 14.0. The number of nitro benzene ring substituents is 1. The topological polar surface area (TPSA) is 79.9 Å². The van der Waals surface area contributed by atoms with Gasteiger partial charge in [0.1, 0.15) is 0 Å². The van der Waals surface area contributed by atoms with Crippen LogP contribution < -0.4 is 15.1 Å². The van der Waals surface area contributed by atoms with Crippen molar-refractivity contribution >= 4 is 17.3 Å². The van der Waals surface area contributed by atoms with Crippen molar-refractivity contribution in [3.8, 4) is 0 Å². The molecule has 2 aromatic carbocycles. The number of non-ortho nitro benzene ring substituents is 1. The van der Waals surface area contributed by atoms with Crippen molar-refractivity contribution in [2.24, 2.45) is 0 Å². The van der Waals surface area contributed by atoms with Crippen molar-refractivity contribution in [2.45, 2.75) is 24.9 Å². The van der Waals surface area contributed by atoms with Crippen LogP contribution in [0.4, 0.5) is 11.4 Å². The highest BCUT2D eigenvalue weighted by molar-refractivity contribution is 5.82. The summed E-state index contributed by atoms with van der Waals surface area (Å²) in [6, 6.07) is 16.9. The van der Waals surface area contributed by atoms with Gasteiger partial charge in [-0.25, -0.2) is 0 Å². The Labute approximate surface area is 164 Å². The number of quaternary nitrogens is 1. The third-order valence-electron chi connectivity index (χ3n) is 5.56. The van der Waals surface area contributed by atoms with Gasteiger partial charge in [-0.3, -0.25) is 14.9 Å². The van der Waals surface area contributed by atoms with Gasteiger partial charge in [0, 0.05) is 29.4 Å². The van der Waals surface area contributed by atoms with Crippen molar-refractivity contribution in [1.82, 2.24) is 5.32 Å². The van der Waals surface area contributed by atoms with Gasteiger partial charge in [0.05, 0.1) is 31.1 Å². The third kappa shape index (κ3) is 4.14. The first-order valence-corrected chi connectivity index (χ1v) is 9.81. The molecular weight excluding hydrogens is 356 g/mol. The van der Waals surface area contributed by atoms with E-state index in [2.05, 4.69) is 10.2 Å². The lowest BCUT2D eigenvalue weighted by atomic mass is 10.0. The molecule has 0 radical (unpaired) electrons. The van der Waals surface area contributed by atoms with Crippen LogP contribution in [-0.4, -0.2) is 43.1 Å². The predicted molar refractivity (Wildman–Crippen MR) is 106 cm³/mol. The average molecular weight is 381 g/mol. The molecule has 2 N–H and O–H groups in total. The van der Waals surface area contributed by atoms with E-state index in [4.69, 9.17) is 0 Å². The number of piperazine rings is 1. The van der Waals surface area contributed by atoms with Crippen LogP contribution >= 0.6 is 0 Å². The van der Waals surface area contributed by atoms with E-state index in [1.807, 2.05) is 30.3 Å². The van der Waals surface area contributed by atoms with Gasteiger partial charge in [0.25, 0.3) is 11.6 Å². The Morgan fingerprint density at radius 3 is 2.29 bits per heavy atom. The molecule has 2 aromatic rings. The maximum Gasteiger partial charge on any atom is 0.283 e. The zero-order valence-electron chi connectivity index (χ0n) is 15.7. The van der Waals surface area contributed by atoms with Crippen LogP contribution in [0.25, 0.3) is 0 Å². The first-order valence-electron chi connectivity index (χ1n) is 9.81. The van der Waals surface area contributed by atoms with Gasteiger partial charge in [-0.1, -0.05) is 30.3 Å². The Morgan fingerprint density at radius 1 is 1.07 bits per heavy atom. The standard InChI is InChI=1S/C21H24N4O3/c26-21(22-17-6-7-17)20(16-4-2-1-3-5-16)24-14-12-23(13-15-24)18-8-10-19(11-9-18)25(27)28/h1-5,8-11,17,20H,6-7,12-15H2,(H,22,26)/p+1/t20-/m1/s1. The van der Waals surface area contributed by atoms with Gasteiger partial charge in [0.2, 0.25) is 0 Å². The van der Waals surface area contributed by atoms with E-state index in [-0.39, 0.29) is 22.6 Å². The molecule has 1 atom stereocenters. The second kappa shape index (κ2) is 7.98. The fourth-order valence-corrected chi connectivity index (χ4v) is 3.86. The van der Waals surface area contributed by atoms with Gasteiger partial charge in [-0.2, -0.15) is 0 Å². The maximum atomic E-state index is 12.9. The van der Waals surface area contributed by atoms with Gasteiger partial charge in [-0.15, -0.1) is 0 Å². The summed E-state index contributed by atoms with van der Waals surface area (Å²) >= 11 is 0. The van der Waals surface area contributed by atoms with Crippen LogP contribution in [0, 0.1) is 10.1 Å². The van der Waals surface area contributed by atoms with E-state index in [1.54, 1.807) is 24.3 Å². The minimum absolute atomic E-state index is 0.105. The van der Waals surface area contributed by atoms with Crippen molar-refractivity contribution in [1.29, 1.82) is 0 Å². The summed E-state index contributed by atoms with van der Waals surface area (Å²) in [6.07, 6.45) is 2.16. The number of hydrogen-bond acceptors (Lipinski definition) is 4. The number of nitrogens with zero attached hydrogens (tertiary/aromatic N) is 2. The highest BCUT2D eigenvalue weighted by atomic mass is 16.6. The smallest absolute Gasteiger partial charge is 0.283 e. The number of amides is 1. The molecule has 7 heteroatoms. The molecule has 0 aromatic heterocycles. The summed E-state index contributed by atoms with van der Waals surface area (Å²) in [7, 11) is 0. The molecule has 2 aliphatic rings. The average Bonchev–Trinajstić information content (AvgIpc) is 3.53. The zero-order valence-corrected chi connectivity index (χ0v) is 15.7. The largest absolute Gasteiger partial charge is 0.360 e. The van der Waals surface area contributed by atoms with Crippen LogP contribution in [0.15, 0.2) is 54.6 Å². The molecule has 2 fully saturated rings. The number of benzene rings is 2. The number of nitro groups is 1. The fourth-order valence-electron chi connectivity index (χ4n) is 3.86. The Balaban J connectivity index is 1.45. The lowest BCUT2D eigenvalue weighted by Gasteiger charge is -2.37. The maximum absolute atomic E-state index is 12.9. The molecule has 28 heavy (non-hydrogen) atoms. The highest BCUT2D eigenvalue weighted by Gasteiger charge is 2.36. The minimum Gasteiger partial charge on any atom is -0.360 e. The van der Waals surface area contributed by atoms with Crippen molar-refractivity contribution < 1.29 is 14.6 Å². The molecule has 1 aliphatic heterocycles. The molecule has 7 nitrogen and oxygen atoms in total. The summed E-state index contributed by atoms with van der Waals surface area (Å²) in [6.45, 7) is 3.31. The minimum atomic E-state index is -0.380. The summed E-state index contributed by atoms with van der Waals surface area (Å²) in [5.41, 5.74) is 2.15. The van der Waals surface area contributed by atoms with Gasteiger partial charge in [0.15, 0.2) is 6.04 Å². The SMILES string of the molecule is O=C(NC1CC1)[C@@H](c1ccccc1)[NH+]1CCN(c2ccc([N+](=O)[O-])cc2)CC1. The number of anilines is 1. The van der Waals surface area contributed by atoms with Gasteiger partial charge >= 0.3 is 0 Å².